The molecule has 1 N–H and O–H groups in total. The second kappa shape index (κ2) is 8.89. The number of carbonyl (C=O) groups excluding carboxylic acids is 2. The van der Waals surface area contributed by atoms with Crippen molar-refractivity contribution in [3.05, 3.63) is 99.9 Å². The number of aliphatic hydroxyl groups is 1. The fourth-order valence-corrected chi connectivity index (χ4v) is 3.71. The first-order valence-corrected chi connectivity index (χ1v) is 9.88. The van der Waals surface area contributed by atoms with Gasteiger partial charge in [0.05, 0.1) is 16.5 Å². The van der Waals surface area contributed by atoms with Gasteiger partial charge in [0.2, 0.25) is 0 Å². The van der Waals surface area contributed by atoms with Gasteiger partial charge in [-0.05, 0) is 29.8 Å². The molecule has 35 heavy (non-hydrogen) atoms. The number of ketones is 1. The molecular weight excluding hydrogens is 471 g/mol. The largest absolute Gasteiger partial charge is 0.573 e. The summed E-state index contributed by atoms with van der Waals surface area (Å²) in [6.45, 7) is 0. The lowest BCUT2D eigenvalue weighted by Gasteiger charge is -2.25. The number of ether oxygens (including phenoxy) is 1. The van der Waals surface area contributed by atoms with Crippen LogP contribution in [-0.2, 0) is 9.59 Å². The van der Waals surface area contributed by atoms with Crippen LogP contribution in [0.4, 0.5) is 24.5 Å². The van der Waals surface area contributed by atoms with Gasteiger partial charge >= 0.3 is 6.36 Å². The van der Waals surface area contributed by atoms with Crippen LogP contribution in [0.5, 0.6) is 5.75 Å². The van der Waals surface area contributed by atoms with Gasteiger partial charge in [-0.15, -0.1) is 13.2 Å². The number of Topliss-reactive ketones (excluding diaryl/α,β-unsaturated/α-hetero) is 1. The Morgan fingerprint density at radius 2 is 1.74 bits per heavy atom. The molecule has 3 aromatic rings. The molecule has 1 fully saturated rings. The maximum absolute atomic E-state index is 13.1. The molecule has 1 unspecified atom stereocenters. The van der Waals surface area contributed by atoms with Gasteiger partial charge < -0.3 is 9.84 Å². The minimum Gasteiger partial charge on any atom is -0.507 e. The highest BCUT2D eigenvalue weighted by atomic mass is 19.4. The van der Waals surface area contributed by atoms with E-state index in [0.29, 0.717) is 5.56 Å². The summed E-state index contributed by atoms with van der Waals surface area (Å²) in [4.78, 5) is 41.4. The second-order valence-electron chi connectivity index (χ2n) is 7.30. The molecule has 2 aromatic carbocycles. The van der Waals surface area contributed by atoms with Crippen LogP contribution in [-0.4, -0.2) is 33.1 Å². The van der Waals surface area contributed by atoms with Crippen molar-refractivity contribution >= 4 is 28.8 Å². The minimum atomic E-state index is -4.99. The van der Waals surface area contributed by atoms with Gasteiger partial charge in [0, 0.05) is 41.8 Å². The summed E-state index contributed by atoms with van der Waals surface area (Å²) in [6, 6.07) is 10.9. The van der Waals surface area contributed by atoms with E-state index in [1.54, 1.807) is 0 Å². The van der Waals surface area contributed by atoms with Gasteiger partial charge in [0.1, 0.15) is 11.5 Å². The van der Waals surface area contributed by atoms with E-state index in [1.807, 2.05) is 0 Å². The molecule has 4 rings (SSSR count). The van der Waals surface area contributed by atoms with E-state index in [1.165, 1.54) is 54.9 Å². The van der Waals surface area contributed by atoms with E-state index in [9.17, 15) is 38.0 Å². The molecule has 1 aliphatic heterocycles. The molecule has 0 saturated carbocycles. The average molecular weight is 485 g/mol. The van der Waals surface area contributed by atoms with Crippen molar-refractivity contribution in [1.29, 1.82) is 0 Å². The predicted molar refractivity (Wildman–Crippen MR) is 115 cm³/mol. The number of anilines is 1. The summed E-state index contributed by atoms with van der Waals surface area (Å²) >= 11 is 0. The Morgan fingerprint density at radius 1 is 1.06 bits per heavy atom. The number of benzene rings is 2. The predicted octanol–water partition coefficient (Wildman–Crippen LogP) is 4.51. The van der Waals surface area contributed by atoms with Gasteiger partial charge in [-0.3, -0.25) is 29.6 Å². The number of non-ortho nitro benzene ring substituents is 1. The van der Waals surface area contributed by atoms with Gasteiger partial charge in [0.25, 0.3) is 17.4 Å². The molecule has 9 nitrogen and oxygen atoms in total. The van der Waals surface area contributed by atoms with E-state index in [0.717, 1.165) is 23.1 Å². The van der Waals surface area contributed by atoms with E-state index >= 15 is 0 Å². The number of pyridine rings is 1. The molecule has 0 aliphatic carbocycles. The van der Waals surface area contributed by atoms with Gasteiger partial charge in [-0.2, -0.15) is 0 Å². The maximum atomic E-state index is 13.1. The fourth-order valence-electron chi connectivity index (χ4n) is 3.71. The number of nitro groups is 1. The standard InChI is InChI=1S/C23H14F3N3O6/c24-23(25,26)35-17-6-2-4-15(12-17)28-19(13-7-9-27-10-8-13)18(21(31)22(28)32)20(30)14-3-1-5-16(11-14)29(33)34/h1-12,19,30H/b20-18-. The van der Waals surface area contributed by atoms with Crippen molar-refractivity contribution in [3.8, 4) is 5.75 Å². The number of rotatable bonds is 5. The van der Waals surface area contributed by atoms with E-state index in [2.05, 4.69) is 9.72 Å². The van der Waals surface area contributed by atoms with Gasteiger partial charge in [-0.1, -0.05) is 18.2 Å². The van der Waals surface area contributed by atoms with Crippen LogP contribution >= 0.6 is 0 Å². The van der Waals surface area contributed by atoms with Gasteiger partial charge in [0.15, 0.2) is 0 Å². The number of aromatic nitrogens is 1. The van der Waals surface area contributed by atoms with E-state index in [-0.39, 0.29) is 16.9 Å². The Labute approximate surface area is 194 Å². The Kier molecular flexibility index (Phi) is 5.95. The zero-order valence-corrected chi connectivity index (χ0v) is 17.5. The Hall–Kier alpha value is -4.74. The third kappa shape index (κ3) is 4.67. The molecule has 0 spiro atoms. The van der Waals surface area contributed by atoms with E-state index < -0.39 is 46.1 Å². The molecule has 178 valence electrons. The average Bonchev–Trinajstić information content (AvgIpc) is 3.09. The lowest BCUT2D eigenvalue weighted by molar-refractivity contribution is -0.384. The summed E-state index contributed by atoms with van der Waals surface area (Å²) < 4.78 is 42.1. The lowest BCUT2D eigenvalue weighted by Crippen LogP contribution is -2.29. The first kappa shape index (κ1) is 23.4. The third-order valence-corrected chi connectivity index (χ3v) is 5.13. The minimum absolute atomic E-state index is 0.0922. The SMILES string of the molecule is O=C1C(=O)N(c2cccc(OC(F)(F)F)c2)C(c2ccncc2)/C1=C(/O)c1cccc([N+](=O)[O-])c1. The van der Waals surface area contributed by atoms with E-state index in [4.69, 9.17) is 0 Å². The normalized spacial score (nSPS) is 17.5. The summed E-state index contributed by atoms with van der Waals surface area (Å²) in [6.07, 6.45) is -2.25. The number of halogens is 3. The van der Waals surface area contributed by atoms with Crippen LogP contribution < -0.4 is 9.64 Å². The van der Waals surface area contributed by atoms with Crippen molar-refractivity contribution in [3.63, 3.8) is 0 Å². The summed E-state index contributed by atoms with van der Waals surface area (Å²) in [7, 11) is 0. The van der Waals surface area contributed by atoms with Crippen LogP contribution in [0.25, 0.3) is 5.76 Å². The van der Waals surface area contributed by atoms with Crippen LogP contribution in [0.3, 0.4) is 0 Å². The van der Waals surface area contributed by atoms with Crippen LogP contribution in [0.1, 0.15) is 17.2 Å². The summed E-state index contributed by atoms with van der Waals surface area (Å²) in [5.74, 6) is -3.55. The Balaban J connectivity index is 1.90. The highest BCUT2D eigenvalue weighted by molar-refractivity contribution is 6.51. The number of nitro benzene ring substituents is 1. The second-order valence-corrected chi connectivity index (χ2v) is 7.30. The number of nitrogens with zero attached hydrogens (tertiary/aromatic N) is 3. The van der Waals surface area contributed by atoms with Crippen LogP contribution in [0, 0.1) is 10.1 Å². The molecule has 1 saturated heterocycles. The zero-order valence-electron chi connectivity index (χ0n) is 17.5. The number of hydrogen-bond donors (Lipinski definition) is 1. The number of aliphatic hydroxyl groups excluding tert-OH is 1. The molecule has 1 atom stereocenters. The topological polar surface area (TPSA) is 123 Å². The lowest BCUT2D eigenvalue weighted by atomic mass is 9.95. The molecule has 12 heteroatoms. The summed E-state index contributed by atoms with van der Waals surface area (Å²) in [5, 5.41) is 22.1. The highest BCUT2D eigenvalue weighted by Gasteiger charge is 2.47. The van der Waals surface area contributed by atoms with Crippen molar-refractivity contribution in [2.24, 2.45) is 0 Å². The molecule has 1 aromatic heterocycles. The van der Waals surface area contributed by atoms with Crippen molar-refractivity contribution in [2.75, 3.05) is 4.90 Å². The number of alkyl halides is 3. The van der Waals surface area contributed by atoms with Crippen LogP contribution in [0.15, 0.2) is 78.6 Å². The van der Waals surface area contributed by atoms with Crippen molar-refractivity contribution in [2.45, 2.75) is 12.4 Å². The smallest absolute Gasteiger partial charge is 0.507 e. The number of carbonyl (C=O) groups is 2. The number of amides is 1. The maximum Gasteiger partial charge on any atom is 0.573 e. The van der Waals surface area contributed by atoms with Crippen LogP contribution in [0.2, 0.25) is 0 Å². The molecular formula is C23H14F3N3O6. The van der Waals surface area contributed by atoms with Gasteiger partial charge in [-0.25, -0.2) is 0 Å². The molecule has 1 amide bonds. The first-order chi connectivity index (χ1) is 16.6. The quantitative estimate of drug-likeness (QED) is 0.185. The number of hydrogen-bond acceptors (Lipinski definition) is 7. The fraction of sp³-hybridized carbons (Fsp3) is 0.0870. The third-order valence-electron chi connectivity index (χ3n) is 5.13. The monoisotopic (exact) mass is 485 g/mol. The van der Waals surface area contributed by atoms with Crippen molar-refractivity contribution < 1.29 is 37.5 Å². The molecule has 0 radical (unpaired) electrons. The Bertz CT molecular complexity index is 1360. The molecule has 2 heterocycles. The highest BCUT2D eigenvalue weighted by Crippen LogP contribution is 2.43. The Morgan fingerprint density at radius 3 is 2.40 bits per heavy atom. The molecule has 0 bridgehead atoms. The molecule has 1 aliphatic rings. The first-order valence-electron chi connectivity index (χ1n) is 9.88. The van der Waals surface area contributed by atoms with Crippen molar-refractivity contribution in [1.82, 2.24) is 4.98 Å². The summed E-state index contributed by atoms with van der Waals surface area (Å²) in [5.41, 5.74) is -0.642. The zero-order chi connectivity index (χ0) is 25.3.